The maximum atomic E-state index is 11.1. The van der Waals surface area contributed by atoms with Crippen LogP contribution in [-0.2, 0) is 4.79 Å². The number of aryl methyl sites for hydroxylation is 3. The monoisotopic (exact) mass is 361 g/mol. The summed E-state index contributed by atoms with van der Waals surface area (Å²) < 4.78 is 0. The van der Waals surface area contributed by atoms with Crippen molar-refractivity contribution in [1.82, 2.24) is 9.97 Å². The summed E-state index contributed by atoms with van der Waals surface area (Å²) in [5, 5.41) is 9.30. The van der Waals surface area contributed by atoms with Gasteiger partial charge in [-0.3, -0.25) is 4.79 Å². The van der Waals surface area contributed by atoms with Crippen LogP contribution in [0.3, 0.4) is 0 Å². The summed E-state index contributed by atoms with van der Waals surface area (Å²) in [6.07, 6.45) is 0. The van der Waals surface area contributed by atoms with Crippen molar-refractivity contribution in [2.45, 2.75) is 27.7 Å². The lowest BCUT2D eigenvalue weighted by Gasteiger charge is -2.12. The molecule has 0 aliphatic heterocycles. The highest BCUT2D eigenvalue weighted by molar-refractivity contribution is 5.88. The second kappa shape index (κ2) is 7.86. The van der Waals surface area contributed by atoms with E-state index in [4.69, 9.17) is 0 Å². The summed E-state index contributed by atoms with van der Waals surface area (Å²) in [7, 11) is 0. The van der Waals surface area contributed by atoms with Gasteiger partial charge in [0.05, 0.1) is 0 Å². The fraction of sp³-hybridized carbons (Fsp3) is 0.190. The Bertz CT molecular complexity index is 967. The molecule has 2 aromatic carbocycles. The number of nitrogens with one attached hydrogen (secondary N) is 3. The van der Waals surface area contributed by atoms with Crippen LogP contribution in [0.25, 0.3) is 0 Å². The van der Waals surface area contributed by atoms with E-state index in [-0.39, 0.29) is 5.91 Å². The van der Waals surface area contributed by atoms with Crippen LogP contribution in [0.15, 0.2) is 48.5 Å². The molecule has 1 amide bonds. The Balaban J connectivity index is 1.77. The number of carbonyl (C=O) groups excluding carboxylic acids is 1. The molecule has 6 nitrogen and oxygen atoms in total. The summed E-state index contributed by atoms with van der Waals surface area (Å²) in [6.45, 7) is 7.56. The standard InChI is InChI=1S/C21H23N5O/c1-13-5-10-19(14(2)11-13)25-20-12-15(3)22-21(26-20)24-18-8-6-17(7-9-18)23-16(4)27/h5-12H,1-4H3,(H,23,27)(H2,22,24,25,26). The second-order valence-corrected chi connectivity index (χ2v) is 6.55. The van der Waals surface area contributed by atoms with E-state index in [1.54, 1.807) is 0 Å². The second-order valence-electron chi connectivity index (χ2n) is 6.55. The Morgan fingerprint density at radius 1 is 0.852 bits per heavy atom. The molecule has 0 aliphatic carbocycles. The molecule has 1 aromatic heterocycles. The number of amides is 1. The van der Waals surface area contributed by atoms with Crippen molar-refractivity contribution in [3.8, 4) is 0 Å². The van der Waals surface area contributed by atoms with Gasteiger partial charge in [0.2, 0.25) is 11.9 Å². The van der Waals surface area contributed by atoms with E-state index in [0.29, 0.717) is 5.95 Å². The van der Waals surface area contributed by atoms with E-state index < -0.39 is 0 Å². The van der Waals surface area contributed by atoms with Gasteiger partial charge in [0, 0.05) is 35.7 Å². The lowest BCUT2D eigenvalue weighted by molar-refractivity contribution is -0.114. The number of benzene rings is 2. The normalized spacial score (nSPS) is 10.4. The summed E-state index contributed by atoms with van der Waals surface area (Å²) in [5.41, 5.74) is 5.85. The third-order valence-corrected chi connectivity index (χ3v) is 3.96. The SMILES string of the molecule is CC(=O)Nc1ccc(Nc2nc(C)cc(Nc3ccc(C)cc3C)n2)cc1. The van der Waals surface area contributed by atoms with Gasteiger partial charge in [-0.25, -0.2) is 4.98 Å². The third-order valence-electron chi connectivity index (χ3n) is 3.96. The molecule has 3 N–H and O–H groups in total. The number of rotatable bonds is 5. The largest absolute Gasteiger partial charge is 0.340 e. The quantitative estimate of drug-likeness (QED) is 0.605. The first kappa shape index (κ1) is 18.4. The van der Waals surface area contributed by atoms with Gasteiger partial charge in [-0.05, 0) is 56.7 Å². The minimum atomic E-state index is -0.0974. The Hall–Kier alpha value is -3.41. The Morgan fingerprint density at radius 2 is 1.56 bits per heavy atom. The van der Waals surface area contributed by atoms with Gasteiger partial charge < -0.3 is 16.0 Å². The average molecular weight is 361 g/mol. The zero-order valence-electron chi connectivity index (χ0n) is 15.9. The van der Waals surface area contributed by atoms with Crippen LogP contribution in [0.4, 0.5) is 28.8 Å². The number of nitrogens with zero attached hydrogens (tertiary/aromatic N) is 2. The summed E-state index contributed by atoms with van der Waals surface area (Å²) in [6, 6.07) is 15.6. The number of anilines is 5. The van der Waals surface area contributed by atoms with Gasteiger partial charge >= 0.3 is 0 Å². The third kappa shape index (κ3) is 5.04. The Morgan fingerprint density at radius 3 is 2.22 bits per heavy atom. The summed E-state index contributed by atoms with van der Waals surface area (Å²) in [5.74, 6) is 1.14. The molecule has 3 aromatic rings. The average Bonchev–Trinajstić information content (AvgIpc) is 2.58. The van der Waals surface area contributed by atoms with Crippen LogP contribution in [0.2, 0.25) is 0 Å². The first-order valence-electron chi connectivity index (χ1n) is 8.74. The number of carbonyl (C=O) groups is 1. The van der Waals surface area contributed by atoms with E-state index in [1.165, 1.54) is 12.5 Å². The summed E-state index contributed by atoms with van der Waals surface area (Å²) in [4.78, 5) is 20.1. The van der Waals surface area contributed by atoms with Crippen molar-refractivity contribution in [2.24, 2.45) is 0 Å². The van der Waals surface area contributed by atoms with Gasteiger partial charge in [-0.15, -0.1) is 0 Å². The Labute approximate surface area is 159 Å². The first-order valence-corrected chi connectivity index (χ1v) is 8.74. The minimum absolute atomic E-state index is 0.0974. The number of hydrogen-bond donors (Lipinski definition) is 3. The van der Waals surface area contributed by atoms with Crippen LogP contribution in [0.1, 0.15) is 23.7 Å². The van der Waals surface area contributed by atoms with Crippen molar-refractivity contribution in [3.63, 3.8) is 0 Å². The lowest BCUT2D eigenvalue weighted by atomic mass is 10.1. The van der Waals surface area contributed by atoms with E-state index >= 15 is 0 Å². The number of hydrogen-bond acceptors (Lipinski definition) is 5. The van der Waals surface area contributed by atoms with E-state index in [2.05, 4.69) is 58.0 Å². The predicted octanol–water partition coefficient (Wildman–Crippen LogP) is 4.85. The predicted molar refractivity (Wildman–Crippen MR) is 110 cm³/mol. The Kier molecular flexibility index (Phi) is 5.35. The molecule has 3 rings (SSSR count). The molecule has 0 unspecified atom stereocenters. The highest BCUT2D eigenvalue weighted by Gasteiger charge is 2.06. The molecule has 6 heteroatoms. The van der Waals surface area contributed by atoms with Gasteiger partial charge in [0.1, 0.15) is 5.82 Å². The molecule has 0 aliphatic rings. The van der Waals surface area contributed by atoms with Crippen molar-refractivity contribution < 1.29 is 4.79 Å². The van der Waals surface area contributed by atoms with Crippen molar-refractivity contribution in [3.05, 3.63) is 65.4 Å². The highest BCUT2D eigenvalue weighted by atomic mass is 16.1. The lowest BCUT2D eigenvalue weighted by Crippen LogP contribution is -2.06. The van der Waals surface area contributed by atoms with Crippen LogP contribution in [0.5, 0.6) is 0 Å². The molecule has 0 spiro atoms. The smallest absolute Gasteiger partial charge is 0.229 e. The maximum absolute atomic E-state index is 11.1. The molecular formula is C21H23N5O. The first-order chi connectivity index (χ1) is 12.9. The highest BCUT2D eigenvalue weighted by Crippen LogP contribution is 2.23. The zero-order chi connectivity index (χ0) is 19.4. The molecule has 0 saturated carbocycles. The van der Waals surface area contributed by atoms with Crippen molar-refractivity contribution in [1.29, 1.82) is 0 Å². The van der Waals surface area contributed by atoms with Gasteiger partial charge in [-0.2, -0.15) is 4.98 Å². The fourth-order valence-electron chi connectivity index (χ4n) is 2.75. The van der Waals surface area contributed by atoms with Gasteiger partial charge in [0.25, 0.3) is 0 Å². The molecule has 0 fully saturated rings. The van der Waals surface area contributed by atoms with Gasteiger partial charge in [-0.1, -0.05) is 17.7 Å². The maximum Gasteiger partial charge on any atom is 0.229 e. The molecule has 27 heavy (non-hydrogen) atoms. The van der Waals surface area contributed by atoms with Crippen LogP contribution in [0, 0.1) is 20.8 Å². The molecule has 0 saturated heterocycles. The van der Waals surface area contributed by atoms with Crippen molar-refractivity contribution >= 4 is 34.7 Å². The fourth-order valence-corrected chi connectivity index (χ4v) is 2.75. The molecule has 0 atom stereocenters. The minimum Gasteiger partial charge on any atom is -0.340 e. The number of aromatic nitrogens is 2. The van der Waals surface area contributed by atoms with E-state index in [0.717, 1.165) is 34.1 Å². The molecule has 1 heterocycles. The molecule has 0 bridgehead atoms. The van der Waals surface area contributed by atoms with E-state index in [1.807, 2.05) is 37.3 Å². The van der Waals surface area contributed by atoms with Crippen molar-refractivity contribution in [2.75, 3.05) is 16.0 Å². The zero-order valence-corrected chi connectivity index (χ0v) is 15.9. The van der Waals surface area contributed by atoms with Crippen LogP contribution < -0.4 is 16.0 Å². The van der Waals surface area contributed by atoms with E-state index in [9.17, 15) is 4.79 Å². The topological polar surface area (TPSA) is 78.9 Å². The molecule has 138 valence electrons. The molecule has 0 radical (unpaired) electrons. The van der Waals surface area contributed by atoms with Crippen LogP contribution in [-0.4, -0.2) is 15.9 Å². The molecular weight excluding hydrogens is 338 g/mol. The summed E-state index contributed by atoms with van der Waals surface area (Å²) >= 11 is 0. The van der Waals surface area contributed by atoms with Crippen LogP contribution >= 0.6 is 0 Å². The van der Waals surface area contributed by atoms with Gasteiger partial charge in [0.15, 0.2) is 0 Å².